The first kappa shape index (κ1) is 18.2. The number of nitrogens with one attached hydrogen (secondary N) is 1. The number of carbonyl (C=O) groups is 1. The zero-order valence-electron chi connectivity index (χ0n) is 13.2. The maximum atomic E-state index is 13.4. The maximum absolute atomic E-state index is 13.4. The molecule has 0 radical (unpaired) electrons. The second-order valence-corrected chi connectivity index (χ2v) is 6.98. The van der Waals surface area contributed by atoms with Crippen LogP contribution in [0.25, 0.3) is 0 Å². The summed E-state index contributed by atoms with van der Waals surface area (Å²) in [6.07, 6.45) is 0. The number of anilines is 1. The molecule has 3 aromatic carbocycles. The van der Waals surface area contributed by atoms with Gasteiger partial charge in [-0.1, -0.05) is 41.9 Å². The Labute approximate surface area is 156 Å². The van der Waals surface area contributed by atoms with Crippen molar-refractivity contribution >= 4 is 34.1 Å². The van der Waals surface area contributed by atoms with E-state index in [1.165, 1.54) is 18.2 Å². The fourth-order valence-electron chi connectivity index (χ4n) is 2.29. The standard InChI is InChI=1S/C19H12ClF2NO2S/c20-13-6-8-15(19(24)12-4-2-1-3-5-12)18(10-13)23-26(25)14-7-9-16(21)17(22)11-14/h1-11,23H. The molecule has 1 N–H and O–H groups in total. The highest BCUT2D eigenvalue weighted by atomic mass is 35.5. The summed E-state index contributed by atoms with van der Waals surface area (Å²) in [6.45, 7) is 0. The third-order valence-corrected chi connectivity index (χ3v) is 4.89. The van der Waals surface area contributed by atoms with Gasteiger partial charge in [-0.15, -0.1) is 0 Å². The van der Waals surface area contributed by atoms with E-state index in [1.807, 2.05) is 0 Å². The predicted molar refractivity (Wildman–Crippen MR) is 97.7 cm³/mol. The van der Waals surface area contributed by atoms with Gasteiger partial charge in [-0.3, -0.25) is 4.79 Å². The second-order valence-electron chi connectivity index (χ2n) is 5.33. The van der Waals surface area contributed by atoms with Crippen molar-refractivity contribution < 1.29 is 17.8 Å². The van der Waals surface area contributed by atoms with Crippen LogP contribution < -0.4 is 4.72 Å². The fraction of sp³-hybridized carbons (Fsp3) is 0. The summed E-state index contributed by atoms with van der Waals surface area (Å²) in [5.74, 6) is -2.43. The molecule has 0 spiro atoms. The van der Waals surface area contributed by atoms with Gasteiger partial charge in [0.15, 0.2) is 17.4 Å². The normalized spacial score (nSPS) is 11.8. The summed E-state index contributed by atoms with van der Waals surface area (Å²) in [7, 11) is -1.91. The van der Waals surface area contributed by atoms with Gasteiger partial charge in [-0.05, 0) is 36.4 Å². The molecule has 0 heterocycles. The molecule has 3 nitrogen and oxygen atoms in total. The highest BCUT2D eigenvalue weighted by molar-refractivity contribution is 7.86. The Morgan fingerprint density at radius 3 is 2.35 bits per heavy atom. The lowest BCUT2D eigenvalue weighted by Crippen LogP contribution is -2.11. The lowest BCUT2D eigenvalue weighted by atomic mass is 10.0. The molecule has 0 saturated carbocycles. The van der Waals surface area contributed by atoms with E-state index in [0.29, 0.717) is 10.6 Å². The van der Waals surface area contributed by atoms with E-state index < -0.39 is 22.6 Å². The lowest BCUT2D eigenvalue weighted by molar-refractivity contribution is 0.103. The number of halogens is 3. The zero-order valence-corrected chi connectivity index (χ0v) is 14.8. The van der Waals surface area contributed by atoms with E-state index in [0.717, 1.165) is 12.1 Å². The Kier molecular flexibility index (Phi) is 5.44. The molecule has 1 atom stereocenters. The number of benzene rings is 3. The van der Waals surface area contributed by atoms with Gasteiger partial charge >= 0.3 is 0 Å². The quantitative estimate of drug-likeness (QED) is 0.623. The van der Waals surface area contributed by atoms with Gasteiger partial charge in [-0.25, -0.2) is 13.0 Å². The third-order valence-electron chi connectivity index (χ3n) is 3.57. The largest absolute Gasteiger partial charge is 0.300 e. The van der Waals surface area contributed by atoms with Crippen LogP contribution in [-0.2, 0) is 11.0 Å². The Hall–Kier alpha value is -2.57. The Balaban J connectivity index is 1.94. The van der Waals surface area contributed by atoms with Crippen LogP contribution in [0, 0.1) is 11.6 Å². The smallest absolute Gasteiger partial charge is 0.195 e. The summed E-state index contributed by atoms with van der Waals surface area (Å²) in [6, 6.07) is 16.0. The fourth-order valence-corrected chi connectivity index (χ4v) is 3.36. The van der Waals surface area contributed by atoms with Gasteiger partial charge in [0, 0.05) is 16.1 Å². The Bertz CT molecular complexity index is 996. The molecule has 1 unspecified atom stereocenters. The van der Waals surface area contributed by atoms with Crippen molar-refractivity contribution in [3.63, 3.8) is 0 Å². The minimum absolute atomic E-state index is 0.0296. The molecule has 0 bridgehead atoms. The van der Waals surface area contributed by atoms with Crippen molar-refractivity contribution in [1.29, 1.82) is 0 Å². The third kappa shape index (κ3) is 3.98. The lowest BCUT2D eigenvalue weighted by Gasteiger charge is -2.12. The van der Waals surface area contributed by atoms with Gasteiger partial charge in [-0.2, -0.15) is 0 Å². The van der Waals surface area contributed by atoms with E-state index in [1.54, 1.807) is 36.4 Å². The SMILES string of the molecule is O=C(c1ccccc1)c1ccc(Cl)cc1NS(=O)c1ccc(F)c(F)c1. The van der Waals surface area contributed by atoms with Gasteiger partial charge in [0.25, 0.3) is 0 Å². The van der Waals surface area contributed by atoms with E-state index in [4.69, 9.17) is 11.6 Å². The van der Waals surface area contributed by atoms with Gasteiger partial charge in [0.1, 0.15) is 11.0 Å². The van der Waals surface area contributed by atoms with Crippen molar-refractivity contribution in [2.24, 2.45) is 0 Å². The molecular formula is C19H12ClF2NO2S. The minimum Gasteiger partial charge on any atom is -0.300 e. The number of hydrogen-bond donors (Lipinski definition) is 1. The molecule has 0 amide bonds. The van der Waals surface area contributed by atoms with Crippen LogP contribution in [0.15, 0.2) is 71.6 Å². The summed E-state index contributed by atoms with van der Waals surface area (Å²) < 4.78 is 41.5. The molecular weight excluding hydrogens is 380 g/mol. The van der Waals surface area contributed by atoms with Crippen molar-refractivity contribution in [3.05, 3.63) is 94.5 Å². The van der Waals surface area contributed by atoms with E-state index in [-0.39, 0.29) is 21.9 Å². The van der Waals surface area contributed by atoms with Crippen LogP contribution in [0.2, 0.25) is 5.02 Å². The minimum atomic E-state index is -1.91. The molecule has 0 aromatic heterocycles. The van der Waals surface area contributed by atoms with Gasteiger partial charge in [0.2, 0.25) is 0 Å². The van der Waals surface area contributed by atoms with E-state index in [2.05, 4.69) is 4.72 Å². The summed E-state index contributed by atoms with van der Waals surface area (Å²) >= 11 is 5.98. The molecule has 0 aliphatic carbocycles. The van der Waals surface area contributed by atoms with Crippen LogP contribution in [-0.4, -0.2) is 9.99 Å². The molecule has 3 aromatic rings. The van der Waals surface area contributed by atoms with Crippen LogP contribution in [0.5, 0.6) is 0 Å². The summed E-state index contributed by atoms with van der Waals surface area (Å²) in [5.41, 5.74) is 0.947. The van der Waals surface area contributed by atoms with Crippen LogP contribution >= 0.6 is 11.6 Å². The number of carbonyl (C=O) groups excluding carboxylic acids is 1. The molecule has 0 aliphatic rings. The molecule has 7 heteroatoms. The number of ketones is 1. The maximum Gasteiger partial charge on any atom is 0.195 e. The Morgan fingerprint density at radius 1 is 0.923 bits per heavy atom. The molecule has 132 valence electrons. The van der Waals surface area contributed by atoms with Crippen molar-refractivity contribution in [1.82, 2.24) is 0 Å². The molecule has 3 rings (SSSR count). The highest BCUT2D eigenvalue weighted by Gasteiger charge is 2.17. The second kappa shape index (κ2) is 7.76. The number of hydrogen-bond acceptors (Lipinski definition) is 2. The number of rotatable bonds is 5. The van der Waals surface area contributed by atoms with E-state index >= 15 is 0 Å². The van der Waals surface area contributed by atoms with Gasteiger partial charge in [0.05, 0.1) is 10.6 Å². The van der Waals surface area contributed by atoms with Crippen molar-refractivity contribution in [2.45, 2.75) is 4.90 Å². The molecule has 0 aliphatic heterocycles. The van der Waals surface area contributed by atoms with E-state index in [9.17, 15) is 17.8 Å². The average molecular weight is 392 g/mol. The highest BCUT2D eigenvalue weighted by Crippen LogP contribution is 2.25. The molecule has 0 saturated heterocycles. The van der Waals surface area contributed by atoms with Gasteiger partial charge < -0.3 is 4.72 Å². The summed E-state index contributed by atoms with van der Waals surface area (Å²) in [4.78, 5) is 12.7. The molecule has 0 fully saturated rings. The molecule has 26 heavy (non-hydrogen) atoms. The summed E-state index contributed by atoms with van der Waals surface area (Å²) in [5, 5.41) is 0.333. The first-order valence-corrected chi connectivity index (χ1v) is 9.01. The van der Waals surface area contributed by atoms with Crippen LogP contribution in [0.4, 0.5) is 14.5 Å². The Morgan fingerprint density at radius 2 is 1.65 bits per heavy atom. The van der Waals surface area contributed by atoms with Crippen molar-refractivity contribution in [2.75, 3.05) is 4.72 Å². The van der Waals surface area contributed by atoms with Crippen molar-refractivity contribution in [3.8, 4) is 0 Å². The predicted octanol–water partition coefficient (Wildman–Crippen LogP) is 4.98. The topological polar surface area (TPSA) is 46.2 Å². The van der Waals surface area contributed by atoms with Crippen LogP contribution in [0.1, 0.15) is 15.9 Å². The van der Waals surface area contributed by atoms with Crippen LogP contribution in [0.3, 0.4) is 0 Å². The monoisotopic (exact) mass is 391 g/mol. The zero-order chi connectivity index (χ0) is 18.7. The average Bonchev–Trinajstić information content (AvgIpc) is 2.64. The first-order valence-electron chi connectivity index (χ1n) is 7.48. The first-order chi connectivity index (χ1) is 12.5.